The van der Waals surface area contributed by atoms with Crippen LogP contribution in [0.25, 0.3) is 0 Å². The van der Waals surface area contributed by atoms with E-state index >= 15 is 0 Å². The predicted octanol–water partition coefficient (Wildman–Crippen LogP) is 14.4. The van der Waals surface area contributed by atoms with Crippen LogP contribution >= 0.6 is 7.92 Å². The molecule has 1 unspecified atom stereocenters. The first-order chi connectivity index (χ1) is 26.3. The van der Waals surface area contributed by atoms with Crippen LogP contribution in [0.1, 0.15) is 245 Å². The van der Waals surface area contributed by atoms with E-state index in [0.29, 0.717) is 12.8 Å². The molecule has 1 atom stereocenters. The number of allylic oxidation sites excluding steroid dienone is 4. The minimum absolute atomic E-state index is 0.158. The number of carboxylic acids is 1. The quantitative estimate of drug-likeness (QED) is 0.0322. The summed E-state index contributed by atoms with van der Waals surface area (Å²) in [4.78, 5) is 38.5. The molecule has 0 aliphatic rings. The van der Waals surface area contributed by atoms with Crippen molar-refractivity contribution in [3.8, 4) is 0 Å². The van der Waals surface area contributed by atoms with E-state index in [1.54, 1.807) is 0 Å². The Hall–Kier alpha value is -1.36. The SMILES string of the molecule is CCCCCCCCC=CCCCCCCCCCCCC(=O)P(C(=O)CCCCCCCCCCCC=CCCCCCCCC)C(N)(CO)C(=O)O. The molecule has 0 rings (SSSR count). The summed E-state index contributed by atoms with van der Waals surface area (Å²) >= 11 is 0. The van der Waals surface area contributed by atoms with Gasteiger partial charge in [0.1, 0.15) is 0 Å². The van der Waals surface area contributed by atoms with Crippen molar-refractivity contribution in [3.63, 3.8) is 0 Å². The van der Waals surface area contributed by atoms with E-state index in [0.717, 1.165) is 38.5 Å². The molecule has 7 heteroatoms. The summed E-state index contributed by atoms with van der Waals surface area (Å²) in [5.74, 6) is -1.47. The van der Waals surface area contributed by atoms with Crippen LogP contribution in [0, 0.1) is 0 Å². The van der Waals surface area contributed by atoms with E-state index in [4.69, 9.17) is 5.73 Å². The molecule has 0 aliphatic heterocycles. The van der Waals surface area contributed by atoms with Crippen molar-refractivity contribution in [3.05, 3.63) is 24.3 Å². The molecule has 4 N–H and O–H groups in total. The van der Waals surface area contributed by atoms with Crippen molar-refractivity contribution >= 4 is 24.9 Å². The van der Waals surface area contributed by atoms with Gasteiger partial charge < -0.3 is 15.9 Å². The molecule has 0 amide bonds. The normalized spacial score (nSPS) is 13.6. The van der Waals surface area contributed by atoms with Crippen molar-refractivity contribution in [2.75, 3.05) is 6.61 Å². The maximum Gasteiger partial charge on any atom is 0.331 e. The molecule has 0 spiro atoms. The molecule has 316 valence electrons. The van der Waals surface area contributed by atoms with Crippen LogP contribution in [0.4, 0.5) is 0 Å². The van der Waals surface area contributed by atoms with Gasteiger partial charge in [-0.15, -0.1) is 0 Å². The fourth-order valence-electron chi connectivity index (χ4n) is 7.15. The molecule has 54 heavy (non-hydrogen) atoms. The van der Waals surface area contributed by atoms with E-state index in [1.807, 2.05) is 0 Å². The van der Waals surface area contributed by atoms with Crippen molar-refractivity contribution < 1.29 is 24.6 Å². The molecular weight excluding hydrogens is 689 g/mol. The maximum absolute atomic E-state index is 13.2. The number of rotatable bonds is 43. The number of aliphatic hydroxyl groups is 1. The Kier molecular flexibility index (Phi) is 38.9. The second kappa shape index (κ2) is 39.9. The summed E-state index contributed by atoms with van der Waals surface area (Å²) in [7, 11) is -2.32. The van der Waals surface area contributed by atoms with Gasteiger partial charge in [-0.2, -0.15) is 0 Å². The van der Waals surface area contributed by atoms with E-state index < -0.39 is 25.8 Å². The molecule has 0 saturated carbocycles. The Morgan fingerprint density at radius 2 is 0.685 bits per heavy atom. The Labute approximate surface area is 335 Å². The van der Waals surface area contributed by atoms with E-state index in [9.17, 15) is 24.6 Å². The van der Waals surface area contributed by atoms with E-state index in [2.05, 4.69) is 38.2 Å². The Morgan fingerprint density at radius 3 is 0.926 bits per heavy atom. The van der Waals surface area contributed by atoms with Gasteiger partial charge in [0.15, 0.2) is 16.3 Å². The highest BCUT2D eigenvalue weighted by atomic mass is 31.1. The van der Waals surface area contributed by atoms with Crippen LogP contribution in [0.3, 0.4) is 0 Å². The van der Waals surface area contributed by atoms with Gasteiger partial charge in [-0.1, -0.05) is 192 Å². The van der Waals surface area contributed by atoms with Gasteiger partial charge in [0.25, 0.3) is 0 Å². The van der Waals surface area contributed by atoms with Gasteiger partial charge in [0, 0.05) is 12.8 Å². The number of hydrogen-bond donors (Lipinski definition) is 3. The average Bonchev–Trinajstić information content (AvgIpc) is 3.16. The van der Waals surface area contributed by atoms with Crippen LogP contribution in [0.15, 0.2) is 24.3 Å². The first-order valence-corrected chi connectivity index (χ1v) is 24.5. The number of unbranched alkanes of at least 4 members (excludes halogenated alkanes) is 30. The molecule has 6 nitrogen and oxygen atoms in total. The van der Waals surface area contributed by atoms with E-state index in [1.165, 1.54) is 167 Å². The molecule has 0 bridgehead atoms. The number of carbonyl (C=O) groups is 3. The third kappa shape index (κ3) is 30.8. The van der Waals surface area contributed by atoms with Gasteiger partial charge in [-0.05, 0) is 64.2 Å². The standard InChI is InChI=1S/C47H88NO5P/c1-3-5-7-9-11-13-15-17-19-21-23-25-27-29-31-33-35-37-39-41-44(50)54(47(48,43-49)46(52)53)45(51)42-40-38-36-34-32-30-28-26-24-22-20-18-16-14-12-10-8-6-4-2/h17-20,49H,3-16,21-43,48H2,1-2H3,(H,52,53). The third-order valence-corrected chi connectivity index (χ3v) is 13.4. The minimum atomic E-state index is -2.32. The highest BCUT2D eigenvalue weighted by molar-refractivity contribution is 7.91. The van der Waals surface area contributed by atoms with Crippen molar-refractivity contribution in [2.24, 2.45) is 5.73 Å². The van der Waals surface area contributed by atoms with Crippen molar-refractivity contribution in [2.45, 2.75) is 250 Å². The number of aliphatic hydroxyl groups excluding tert-OH is 1. The highest BCUT2D eigenvalue weighted by Gasteiger charge is 2.49. The van der Waals surface area contributed by atoms with Crippen LogP contribution in [0.5, 0.6) is 0 Å². The topological polar surface area (TPSA) is 118 Å². The second-order valence-electron chi connectivity index (χ2n) is 16.0. The molecule has 0 heterocycles. The number of carbonyl (C=O) groups excluding carboxylic acids is 2. The lowest BCUT2D eigenvalue weighted by Gasteiger charge is -2.30. The molecule has 0 aromatic carbocycles. The lowest BCUT2D eigenvalue weighted by atomic mass is 10.1. The number of aliphatic carboxylic acids is 1. The summed E-state index contributed by atoms with van der Waals surface area (Å²) in [6.07, 6.45) is 50.7. The van der Waals surface area contributed by atoms with Crippen LogP contribution in [-0.4, -0.2) is 39.1 Å². The molecule has 0 fully saturated rings. The second-order valence-corrected chi connectivity index (χ2v) is 18.5. The van der Waals surface area contributed by atoms with Crippen LogP contribution in [-0.2, 0) is 14.4 Å². The van der Waals surface area contributed by atoms with Crippen LogP contribution < -0.4 is 5.73 Å². The monoisotopic (exact) mass is 778 g/mol. The first-order valence-electron chi connectivity index (χ1n) is 23.1. The van der Waals surface area contributed by atoms with Gasteiger partial charge >= 0.3 is 5.97 Å². The summed E-state index contributed by atoms with van der Waals surface area (Å²) in [5, 5.41) is 17.5. The number of carboxylic acid groups (broad SMARTS) is 1. The van der Waals surface area contributed by atoms with Gasteiger partial charge in [0.05, 0.1) is 14.5 Å². The van der Waals surface area contributed by atoms with Gasteiger partial charge in [0.2, 0.25) is 0 Å². The average molecular weight is 778 g/mol. The van der Waals surface area contributed by atoms with Gasteiger partial charge in [-0.25, -0.2) is 4.79 Å². The number of nitrogens with two attached hydrogens (primary N) is 1. The Bertz CT molecular complexity index is 877. The molecule has 0 aromatic heterocycles. The maximum atomic E-state index is 13.2. The molecular formula is C47H88NO5P. The zero-order valence-electron chi connectivity index (χ0n) is 35.6. The summed E-state index contributed by atoms with van der Waals surface area (Å²) in [5.41, 5.74) is 5.32. The third-order valence-electron chi connectivity index (χ3n) is 10.8. The Balaban J connectivity index is 4.06. The van der Waals surface area contributed by atoms with E-state index in [-0.39, 0.29) is 23.9 Å². The fourth-order valence-corrected chi connectivity index (χ4v) is 9.41. The van der Waals surface area contributed by atoms with Crippen molar-refractivity contribution in [1.29, 1.82) is 0 Å². The predicted molar refractivity (Wildman–Crippen MR) is 234 cm³/mol. The first kappa shape index (κ1) is 52.6. The summed E-state index contributed by atoms with van der Waals surface area (Å²) < 4.78 is 0. The zero-order chi connectivity index (χ0) is 39.8. The minimum Gasteiger partial charge on any atom is -0.480 e. The highest BCUT2D eigenvalue weighted by Crippen LogP contribution is 2.51. The largest absolute Gasteiger partial charge is 0.480 e. The molecule has 0 aromatic rings. The fraction of sp³-hybridized carbons (Fsp3) is 0.851. The molecule has 0 saturated heterocycles. The summed E-state index contributed by atoms with van der Waals surface area (Å²) in [6, 6.07) is 0. The van der Waals surface area contributed by atoms with Crippen LogP contribution in [0.2, 0.25) is 0 Å². The zero-order valence-corrected chi connectivity index (χ0v) is 36.5. The number of hydrogen-bond acceptors (Lipinski definition) is 5. The Morgan fingerprint density at radius 1 is 0.444 bits per heavy atom. The molecule has 0 aliphatic carbocycles. The van der Waals surface area contributed by atoms with Gasteiger partial charge in [-0.3, -0.25) is 9.59 Å². The smallest absolute Gasteiger partial charge is 0.331 e. The lowest BCUT2D eigenvalue weighted by molar-refractivity contribution is -0.141. The summed E-state index contributed by atoms with van der Waals surface area (Å²) in [6.45, 7) is 3.62. The molecule has 0 radical (unpaired) electrons. The van der Waals surface area contributed by atoms with Crippen molar-refractivity contribution in [1.82, 2.24) is 0 Å². The lowest BCUT2D eigenvalue weighted by Crippen LogP contribution is -2.52.